The summed E-state index contributed by atoms with van der Waals surface area (Å²) in [5.74, 6) is 0.654. The maximum atomic E-state index is 11.3. The summed E-state index contributed by atoms with van der Waals surface area (Å²) < 4.78 is 22.7. The van der Waals surface area contributed by atoms with Crippen LogP contribution in [0.3, 0.4) is 0 Å². The van der Waals surface area contributed by atoms with Gasteiger partial charge in [0, 0.05) is 18.8 Å². The second kappa shape index (κ2) is 5.30. The molecule has 0 atom stereocenters. The van der Waals surface area contributed by atoms with Crippen molar-refractivity contribution in [3.05, 3.63) is 0 Å². The third-order valence-corrected chi connectivity index (χ3v) is 5.17. The van der Waals surface area contributed by atoms with Gasteiger partial charge in [0.25, 0.3) is 0 Å². The van der Waals surface area contributed by atoms with Gasteiger partial charge in [-0.3, -0.25) is 0 Å². The number of sulfone groups is 1. The molecule has 4 heteroatoms. The van der Waals surface area contributed by atoms with Gasteiger partial charge in [0.15, 0.2) is 0 Å². The molecule has 90 valence electrons. The average Bonchev–Trinajstić information content (AvgIpc) is 2.14. The lowest BCUT2D eigenvalue weighted by molar-refractivity contribution is 0.136. The van der Waals surface area contributed by atoms with Crippen LogP contribution in [0, 0.1) is 5.41 Å². The van der Waals surface area contributed by atoms with Gasteiger partial charge in [-0.15, -0.1) is 0 Å². The SMILES string of the molecule is CCCC1(CCCS(=O)(=O)CC)CNC1. The smallest absolute Gasteiger partial charge is 0.150 e. The van der Waals surface area contributed by atoms with E-state index in [0.717, 1.165) is 25.9 Å². The molecule has 0 aromatic carbocycles. The van der Waals surface area contributed by atoms with Crippen molar-refractivity contribution in [3.8, 4) is 0 Å². The van der Waals surface area contributed by atoms with Gasteiger partial charge in [0.05, 0.1) is 5.75 Å². The number of hydrogen-bond acceptors (Lipinski definition) is 3. The van der Waals surface area contributed by atoms with Gasteiger partial charge in [-0.1, -0.05) is 20.3 Å². The Kier molecular flexibility index (Phi) is 4.59. The molecule has 1 fully saturated rings. The zero-order valence-corrected chi connectivity index (χ0v) is 10.7. The Labute approximate surface area is 93.6 Å². The van der Waals surface area contributed by atoms with Crippen molar-refractivity contribution in [2.75, 3.05) is 24.6 Å². The summed E-state index contributed by atoms with van der Waals surface area (Å²) in [5, 5.41) is 3.30. The number of nitrogens with one attached hydrogen (secondary N) is 1. The third kappa shape index (κ3) is 3.76. The number of rotatable bonds is 7. The number of hydrogen-bond donors (Lipinski definition) is 1. The molecule has 15 heavy (non-hydrogen) atoms. The van der Waals surface area contributed by atoms with Gasteiger partial charge in [0.2, 0.25) is 0 Å². The monoisotopic (exact) mass is 233 g/mol. The highest BCUT2D eigenvalue weighted by molar-refractivity contribution is 7.91. The molecular weight excluding hydrogens is 210 g/mol. The molecule has 0 aromatic rings. The van der Waals surface area contributed by atoms with Gasteiger partial charge in [0.1, 0.15) is 9.84 Å². The van der Waals surface area contributed by atoms with Crippen molar-refractivity contribution in [3.63, 3.8) is 0 Å². The Bertz CT molecular complexity index is 281. The average molecular weight is 233 g/mol. The fourth-order valence-electron chi connectivity index (χ4n) is 2.30. The first-order valence-corrected chi connectivity index (χ1v) is 7.77. The Morgan fingerprint density at radius 3 is 2.27 bits per heavy atom. The Hall–Kier alpha value is -0.0900. The van der Waals surface area contributed by atoms with Crippen molar-refractivity contribution in [2.45, 2.75) is 39.5 Å². The Morgan fingerprint density at radius 2 is 1.87 bits per heavy atom. The topological polar surface area (TPSA) is 46.2 Å². The van der Waals surface area contributed by atoms with E-state index in [1.54, 1.807) is 6.92 Å². The van der Waals surface area contributed by atoms with Crippen LogP contribution < -0.4 is 5.32 Å². The van der Waals surface area contributed by atoms with Gasteiger partial charge < -0.3 is 5.32 Å². The molecule has 0 spiro atoms. The van der Waals surface area contributed by atoms with Crippen molar-refractivity contribution in [1.82, 2.24) is 5.32 Å². The van der Waals surface area contributed by atoms with E-state index in [2.05, 4.69) is 12.2 Å². The lowest BCUT2D eigenvalue weighted by Crippen LogP contribution is -2.53. The van der Waals surface area contributed by atoms with Crippen LogP contribution in [0.25, 0.3) is 0 Å². The van der Waals surface area contributed by atoms with Crippen LogP contribution >= 0.6 is 0 Å². The van der Waals surface area contributed by atoms with E-state index < -0.39 is 9.84 Å². The lowest BCUT2D eigenvalue weighted by atomic mass is 9.74. The summed E-state index contributed by atoms with van der Waals surface area (Å²) in [6.07, 6.45) is 4.32. The van der Waals surface area contributed by atoms with Crippen molar-refractivity contribution in [1.29, 1.82) is 0 Å². The van der Waals surface area contributed by atoms with E-state index in [9.17, 15) is 8.42 Å². The van der Waals surface area contributed by atoms with Crippen LogP contribution in [0.2, 0.25) is 0 Å². The molecule has 0 bridgehead atoms. The van der Waals surface area contributed by atoms with Crippen molar-refractivity contribution < 1.29 is 8.42 Å². The Balaban J connectivity index is 2.29. The standard InChI is InChI=1S/C11H23NO2S/c1-3-6-11(9-12-10-11)7-5-8-15(13,14)4-2/h12H,3-10H2,1-2H3. The van der Waals surface area contributed by atoms with Crippen LogP contribution in [0.15, 0.2) is 0 Å². The molecule has 1 heterocycles. The maximum Gasteiger partial charge on any atom is 0.150 e. The highest BCUT2D eigenvalue weighted by Gasteiger charge is 2.35. The quantitative estimate of drug-likeness (QED) is 0.726. The normalized spacial score (nSPS) is 19.9. The van der Waals surface area contributed by atoms with Crippen LogP contribution in [0.1, 0.15) is 39.5 Å². The Morgan fingerprint density at radius 1 is 1.20 bits per heavy atom. The second-order valence-electron chi connectivity index (χ2n) is 4.69. The second-order valence-corrected chi connectivity index (χ2v) is 7.17. The van der Waals surface area contributed by atoms with Gasteiger partial charge in [-0.05, 0) is 24.7 Å². The molecular formula is C11H23NO2S. The molecule has 1 aliphatic rings. The van der Waals surface area contributed by atoms with E-state index in [-0.39, 0.29) is 5.75 Å². The minimum Gasteiger partial charge on any atom is -0.316 e. The molecule has 1 saturated heterocycles. The lowest BCUT2D eigenvalue weighted by Gasteiger charge is -2.43. The first kappa shape index (κ1) is 13.0. The highest BCUT2D eigenvalue weighted by atomic mass is 32.2. The van der Waals surface area contributed by atoms with E-state index >= 15 is 0 Å². The van der Waals surface area contributed by atoms with Crippen LogP contribution in [0.5, 0.6) is 0 Å². The molecule has 0 unspecified atom stereocenters. The van der Waals surface area contributed by atoms with E-state index in [1.807, 2.05) is 0 Å². The summed E-state index contributed by atoms with van der Waals surface area (Å²) in [7, 11) is -2.76. The molecule has 0 aromatic heterocycles. The summed E-state index contributed by atoms with van der Waals surface area (Å²) >= 11 is 0. The van der Waals surface area contributed by atoms with Crippen LogP contribution in [-0.4, -0.2) is 33.0 Å². The van der Waals surface area contributed by atoms with Crippen LogP contribution in [0.4, 0.5) is 0 Å². The summed E-state index contributed by atoms with van der Waals surface area (Å²) in [5.41, 5.74) is 0.415. The fraction of sp³-hybridized carbons (Fsp3) is 1.00. The fourth-order valence-corrected chi connectivity index (χ4v) is 3.17. The largest absolute Gasteiger partial charge is 0.316 e. The summed E-state index contributed by atoms with van der Waals surface area (Å²) in [6, 6.07) is 0. The molecule has 0 radical (unpaired) electrons. The first-order chi connectivity index (χ1) is 7.04. The predicted octanol–water partition coefficient (Wildman–Crippen LogP) is 1.59. The molecule has 1 N–H and O–H groups in total. The minimum atomic E-state index is -2.76. The summed E-state index contributed by atoms with van der Waals surface area (Å²) in [6.45, 7) is 6.07. The zero-order chi connectivity index (χ0) is 11.4. The zero-order valence-electron chi connectivity index (χ0n) is 9.88. The summed E-state index contributed by atoms with van der Waals surface area (Å²) in [4.78, 5) is 0. The van der Waals surface area contributed by atoms with Gasteiger partial charge in [-0.25, -0.2) is 8.42 Å². The first-order valence-electron chi connectivity index (χ1n) is 5.95. The van der Waals surface area contributed by atoms with E-state index in [1.165, 1.54) is 12.8 Å². The van der Waals surface area contributed by atoms with Gasteiger partial charge >= 0.3 is 0 Å². The van der Waals surface area contributed by atoms with E-state index in [0.29, 0.717) is 11.2 Å². The molecule has 0 aliphatic carbocycles. The minimum absolute atomic E-state index is 0.284. The molecule has 0 amide bonds. The molecule has 1 aliphatic heterocycles. The van der Waals surface area contributed by atoms with Crippen molar-refractivity contribution >= 4 is 9.84 Å². The van der Waals surface area contributed by atoms with Crippen LogP contribution in [-0.2, 0) is 9.84 Å². The maximum absolute atomic E-state index is 11.3. The van der Waals surface area contributed by atoms with E-state index in [4.69, 9.17) is 0 Å². The molecule has 0 saturated carbocycles. The third-order valence-electron chi connectivity index (χ3n) is 3.38. The molecule has 1 rings (SSSR count). The molecule has 3 nitrogen and oxygen atoms in total. The van der Waals surface area contributed by atoms with Gasteiger partial charge in [-0.2, -0.15) is 0 Å². The predicted molar refractivity (Wildman–Crippen MR) is 63.8 cm³/mol. The van der Waals surface area contributed by atoms with Crippen molar-refractivity contribution in [2.24, 2.45) is 5.41 Å². The highest BCUT2D eigenvalue weighted by Crippen LogP contribution is 2.33.